The molecule has 7 heteroatoms. The van der Waals surface area contributed by atoms with E-state index in [2.05, 4.69) is 25.8 Å². The van der Waals surface area contributed by atoms with Crippen molar-refractivity contribution in [2.75, 3.05) is 31.4 Å². The summed E-state index contributed by atoms with van der Waals surface area (Å²) in [5, 5.41) is 8.62. The van der Waals surface area contributed by atoms with Gasteiger partial charge in [-0.25, -0.2) is 4.98 Å². The van der Waals surface area contributed by atoms with Gasteiger partial charge in [-0.1, -0.05) is 0 Å². The summed E-state index contributed by atoms with van der Waals surface area (Å²) in [6.45, 7) is 2.49. The Morgan fingerprint density at radius 1 is 1.62 bits per heavy atom. The van der Waals surface area contributed by atoms with Gasteiger partial charge in [-0.15, -0.1) is 4.91 Å². The van der Waals surface area contributed by atoms with Crippen LogP contribution >= 0.6 is 0 Å². The molecule has 1 heterocycles. The van der Waals surface area contributed by atoms with E-state index in [1.165, 1.54) is 6.20 Å². The SMILES string of the molecule is CNc1nc(N[C@@H](C)COC)ncc1N=O. The van der Waals surface area contributed by atoms with E-state index in [0.717, 1.165) is 0 Å². The van der Waals surface area contributed by atoms with Crippen LogP contribution in [0.25, 0.3) is 0 Å². The van der Waals surface area contributed by atoms with Gasteiger partial charge in [0.2, 0.25) is 5.95 Å². The molecule has 0 unspecified atom stereocenters. The third-order valence-corrected chi connectivity index (χ3v) is 1.90. The molecule has 0 radical (unpaired) electrons. The molecule has 0 aliphatic rings. The van der Waals surface area contributed by atoms with Gasteiger partial charge in [0.15, 0.2) is 11.5 Å². The lowest BCUT2D eigenvalue weighted by molar-refractivity contribution is 0.190. The number of hydrogen-bond acceptors (Lipinski definition) is 7. The zero-order chi connectivity index (χ0) is 12.0. The summed E-state index contributed by atoms with van der Waals surface area (Å²) >= 11 is 0. The largest absolute Gasteiger partial charge is 0.383 e. The summed E-state index contributed by atoms with van der Waals surface area (Å²) in [6, 6.07) is 0.0877. The molecular weight excluding hydrogens is 210 g/mol. The zero-order valence-corrected chi connectivity index (χ0v) is 9.52. The van der Waals surface area contributed by atoms with Crippen molar-refractivity contribution in [2.24, 2.45) is 5.18 Å². The molecule has 0 aliphatic heterocycles. The Morgan fingerprint density at radius 2 is 2.38 bits per heavy atom. The van der Waals surface area contributed by atoms with E-state index < -0.39 is 0 Å². The highest BCUT2D eigenvalue weighted by Crippen LogP contribution is 2.21. The molecule has 1 rings (SSSR count). The number of ether oxygens (including phenoxy) is 1. The Labute approximate surface area is 93.6 Å². The maximum absolute atomic E-state index is 10.4. The second-order valence-corrected chi connectivity index (χ2v) is 3.27. The predicted octanol–water partition coefficient (Wildman–Crippen LogP) is 1.36. The number of anilines is 2. The fourth-order valence-electron chi connectivity index (χ4n) is 1.21. The average Bonchev–Trinajstić information content (AvgIpc) is 2.29. The Kier molecular flexibility index (Phi) is 4.59. The van der Waals surface area contributed by atoms with Gasteiger partial charge in [-0.2, -0.15) is 4.98 Å². The fourth-order valence-corrected chi connectivity index (χ4v) is 1.21. The van der Waals surface area contributed by atoms with E-state index in [0.29, 0.717) is 18.4 Å². The van der Waals surface area contributed by atoms with Crippen molar-refractivity contribution in [3.05, 3.63) is 11.1 Å². The first-order chi connectivity index (χ1) is 7.71. The van der Waals surface area contributed by atoms with Crippen LogP contribution in [-0.4, -0.2) is 36.8 Å². The lowest BCUT2D eigenvalue weighted by Crippen LogP contribution is -2.22. The monoisotopic (exact) mass is 225 g/mol. The number of nitrogens with zero attached hydrogens (tertiary/aromatic N) is 3. The number of hydrogen-bond donors (Lipinski definition) is 2. The van der Waals surface area contributed by atoms with Crippen molar-refractivity contribution in [1.82, 2.24) is 9.97 Å². The van der Waals surface area contributed by atoms with Gasteiger partial charge in [0.25, 0.3) is 0 Å². The summed E-state index contributed by atoms with van der Waals surface area (Å²) in [4.78, 5) is 18.5. The first-order valence-corrected chi connectivity index (χ1v) is 4.85. The van der Waals surface area contributed by atoms with Crippen molar-refractivity contribution in [1.29, 1.82) is 0 Å². The molecule has 2 N–H and O–H groups in total. The smallest absolute Gasteiger partial charge is 0.225 e. The summed E-state index contributed by atoms with van der Waals surface area (Å²) in [5.74, 6) is 0.832. The number of nitroso groups, excluding NO2 is 1. The summed E-state index contributed by atoms with van der Waals surface area (Å²) in [5.41, 5.74) is 0.187. The van der Waals surface area contributed by atoms with Gasteiger partial charge in [-0.05, 0) is 12.1 Å². The van der Waals surface area contributed by atoms with Gasteiger partial charge in [0.05, 0.1) is 12.8 Å². The predicted molar refractivity (Wildman–Crippen MR) is 62.0 cm³/mol. The topological polar surface area (TPSA) is 88.5 Å². The van der Waals surface area contributed by atoms with E-state index in [1.54, 1.807) is 14.2 Å². The highest BCUT2D eigenvalue weighted by Gasteiger charge is 2.08. The summed E-state index contributed by atoms with van der Waals surface area (Å²) < 4.78 is 4.98. The lowest BCUT2D eigenvalue weighted by Gasteiger charge is -2.13. The molecule has 0 aromatic carbocycles. The zero-order valence-electron chi connectivity index (χ0n) is 9.52. The van der Waals surface area contributed by atoms with Crippen molar-refractivity contribution >= 4 is 17.5 Å². The molecule has 0 spiro atoms. The van der Waals surface area contributed by atoms with Crippen molar-refractivity contribution in [2.45, 2.75) is 13.0 Å². The second kappa shape index (κ2) is 5.96. The number of aromatic nitrogens is 2. The van der Waals surface area contributed by atoms with Crippen LogP contribution in [0.15, 0.2) is 11.4 Å². The second-order valence-electron chi connectivity index (χ2n) is 3.27. The number of nitrogens with one attached hydrogen (secondary N) is 2. The maximum atomic E-state index is 10.4. The fraction of sp³-hybridized carbons (Fsp3) is 0.556. The van der Waals surface area contributed by atoms with Crippen LogP contribution in [0.5, 0.6) is 0 Å². The van der Waals surface area contributed by atoms with E-state index in [4.69, 9.17) is 4.74 Å². The van der Waals surface area contributed by atoms with Crippen LogP contribution in [0, 0.1) is 4.91 Å². The minimum absolute atomic E-state index is 0.0877. The number of rotatable bonds is 6. The van der Waals surface area contributed by atoms with E-state index in [1.807, 2.05) is 6.92 Å². The van der Waals surface area contributed by atoms with E-state index in [9.17, 15) is 4.91 Å². The Morgan fingerprint density at radius 3 is 2.94 bits per heavy atom. The van der Waals surface area contributed by atoms with Crippen LogP contribution in [0.1, 0.15) is 6.92 Å². The van der Waals surface area contributed by atoms with Crippen molar-refractivity contribution in [3.8, 4) is 0 Å². The summed E-state index contributed by atoms with van der Waals surface area (Å²) in [6.07, 6.45) is 1.37. The first-order valence-electron chi connectivity index (χ1n) is 4.85. The minimum Gasteiger partial charge on any atom is -0.383 e. The molecule has 0 fully saturated rings. The molecular formula is C9H15N5O2. The number of methoxy groups -OCH3 is 1. The van der Waals surface area contributed by atoms with Crippen molar-refractivity contribution in [3.63, 3.8) is 0 Å². The van der Waals surface area contributed by atoms with Crippen LogP contribution in [0.3, 0.4) is 0 Å². The lowest BCUT2D eigenvalue weighted by atomic mass is 10.4. The van der Waals surface area contributed by atoms with Gasteiger partial charge in [0.1, 0.15) is 0 Å². The molecule has 0 saturated carbocycles. The molecule has 1 aromatic rings. The average molecular weight is 225 g/mol. The molecule has 0 amide bonds. The highest BCUT2D eigenvalue weighted by atomic mass is 16.5. The van der Waals surface area contributed by atoms with Gasteiger partial charge < -0.3 is 15.4 Å². The molecule has 0 bridgehead atoms. The third-order valence-electron chi connectivity index (χ3n) is 1.90. The van der Waals surface area contributed by atoms with E-state index >= 15 is 0 Å². The van der Waals surface area contributed by atoms with Gasteiger partial charge >= 0.3 is 0 Å². The quantitative estimate of drug-likeness (QED) is 0.711. The van der Waals surface area contributed by atoms with Crippen LogP contribution in [0.2, 0.25) is 0 Å². The molecule has 0 aliphatic carbocycles. The first kappa shape index (κ1) is 12.3. The standard InChI is InChI=1S/C9H15N5O2/c1-6(5-16-3)12-9-11-4-7(14-15)8(10-2)13-9/h4,6H,5H2,1-3H3,(H2,10,11,12,13)/t6-/m0/s1. The Hall–Kier alpha value is -1.76. The molecule has 7 nitrogen and oxygen atoms in total. The van der Waals surface area contributed by atoms with Crippen LogP contribution in [-0.2, 0) is 4.74 Å². The molecule has 16 heavy (non-hydrogen) atoms. The molecule has 88 valence electrons. The third kappa shape index (κ3) is 3.13. The van der Waals surface area contributed by atoms with Gasteiger partial charge in [0, 0.05) is 20.2 Å². The highest BCUT2D eigenvalue weighted by molar-refractivity contribution is 5.60. The van der Waals surface area contributed by atoms with E-state index in [-0.39, 0.29) is 11.7 Å². The minimum atomic E-state index is 0.0877. The van der Waals surface area contributed by atoms with Crippen molar-refractivity contribution < 1.29 is 4.74 Å². The molecule has 0 saturated heterocycles. The molecule has 1 aromatic heterocycles. The Bertz CT molecular complexity index is 358. The van der Waals surface area contributed by atoms with Crippen LogP contribution in [0.4, 0.5) is 17.5 Å². The normalized spacial score (nSPS) is 11.9. The van der Waals surface area contributed by atoms with Gasteiger partial charge in [-0.3, -0.25) is 0 Å². The molecule has 1 atom stereocenters. The van der Waals surface area contributed by atoms with Crippen LogP contribution < -0.4 is 10.6 Å². The summed E-state index contributed by atoms with van der Waals surface area (Å²) in [7, 11) is 3.29. The maximum Gasteiger partial charge on any atom is 0.225 e. The Balaban J connectivity index is 2.78.